The lowest BCUT2D eigenvalue weighted by molar-refractivity contribution is -0.126. The molecule has 0 aliphatic rings. The van der Waals surface area contributed by atoms with E-state index in [0.29, 0.717) is 17.2 Å². The molecule has 140 valence electrons. The fourth-order valence-electron chi connectivity index (χ4n) is 1.86. The van der Waals surface area contributed by atoms with Crippen molar-refractivity contribution >= 4 is 28.8 Å². The van der Waals surface area contributed by atoms with E-state index < -0.39 is 11.7 Å². The molecule has 2 amide bonds. The fraction of sp³-hybridized carbons (Fsp3) is 0.375. The summed E-state index contributed by atoms with van der Waals surface area (Å²) in [5, 5.41) is 13.5. The Bertz CT molecular complexity index is 753. The van der Waals surface area contributed by atoms with Gasteiger partial charge in [-0.3, -0.25) is 9.59 Å². The first-order chi connectivity index (χ1) is 12.4. The second kappa shape index (κ2) is 9.90. The number of nitrogens with zero attached hydrogens (tertiary/aromatic N) is 3. The van der Waals surface area contributed by atoms with Crippen molar-refractivity contribution in [3.05, 3.63) is 40.1 Å². The lowest BCUT2D eigenvalue weighted by Crippen LogP contribution is -2.33. The summed E-state index contributed by atoms with van der Waals surface area (Å²) in [6.07, 6.45) is 0. The molecule has 8 nitrogen and oxygen atoms in total. The molecule has 0 unspecified atom stereocenters. The Hall–Kier alpha value is -2.43. The summed E-state index contributed by atoms with van der Waals surface area (Å²) in [6.45, 7) is 1.26. The van der Waals surface area contributed by atoms with Gasteiger partial charge in [0.05, 0.1) is 0 Å². The van der Waals surface area contributed by atoms with Crippen LogP contribution in [0.5, 0.6) is 0 Å². The highest BCUT2D eigenvalue weighted by atomic mass is 32.1. The van der Waals surface area contributed by atoms with Crippen molar-refractivity contribution in [2.24, 2.45) is 0 Å². The van der Waals surface area contributed by atoms with Crippen molar-refractivity contribution in [2.75, 3.05) is 39.1 Å². The molecule has 2 rings (SSSR count). The number of halogens is 1. The van der Waals surface area contributed by atoms with Crippen LogP contribution in [0.3, 0.4) is 0 Å². The first-order valence-corrected chi connectivity index (χ1v) is 8.64. The standard InChI is InChI=1S/C16H20FN5O3S/c1-22(2)7-6-18-13(23)9-25-10-14-20-21-16(26-14)15(24)19-12-5-3-4-11(17)8-12/h3-5,8H,6-7,9-10H2,1-2H3,(H,18,23)(H,19,24). The molecule has 1 heterocycles. The van der Waals surface area contributed by atoms with Gasteiger partial charge in [0.15, 0.2) is 0 Å². The van der Waals surface area contributed by atoms with Gasteiger partial charge in [0, 0.05) is 18.8 Å². The van der Waals surface area contributed by atoms with Crippen molar-refractivity contribution < 1.29 is 18.7 Å². The topological polar surface area (TPSA) is 96.5 Å². The van der Waals surface area contributed by atoms with Gasteiger partial charge in [-0.05, 0) is 32.3 Å². The Kier molecular flexibility index (Phi) is 7.57. The lowest BCUT2D eigenvalue weighted by Gasteiger charge is -2.10. The molecule has 2 aromatic rings. The number of carbonyl (C=O) groups is 2. The SMILES string of the molecule is CN(C)CCNC(=O)COCc1nnc(C(=O)Nc2cccc(F)c2)s1. The van der Waals surface area contributed by atoms with Crippen LogP contribution >= 0.6 is 11.3 Å². The molecule has 26 heavy (non-hydrogen) atoms. The number of hydrogen-bond acceptors (Lipinski definition) is 7. The van der Waals surface area contributed by atoms with Crippen molar-refractivity contribution in [1.29, 1.82) is 0 Å². The van der Waals surface area contributed by atoms with E-state index in [-0.39, 0.29) is 24.1 Å². The predicted molar refractivity (Wildman–Crippen MR) is 95.5 cm³/mol. The number of ether oxygens (including phenoxy) is 1. The average molecular weight is 381 g/mol. The summed E-state index contributed by atoms with van der Waals surface area (Å²) in [5.74, 6) is -1.15. The molecule has 0 saturated heterocycles. The van der Waals surface area contributed by atoms with Crippen LogP contribution in [0.25, 0.3) is 0 Å². The summed E-state index contributed by atoms with van der Waals surface area (Å²) in [4.78, 5) is 25.6. The summed E-state index contributed by atoms with van der Waals surface area (Å²) >= 11 is 1.05. The van der Waals surface area contributed by atoms with Gasteiger partial charge in [-0.25, -0.2) is 4.39 Å². The van der Waals surface area contributed by atoms with Crippen LogP contribution in [-0.4, -0.2) is 60.7 Å². The summed E-state index contributed by atoms with van der Waals surface area (Å²) in [7, 11) is 3.83. The van der Waals surface area contributed by atoms with E-state index in [1.54, 1.807) is 6.07 Å². The van der Waals surface area contributed by atoms with Crippen LogP contribution in [0.2, 0.25) is 0 Å². The smallest absolute Gasteiger partial charge is 0.286 e. The van der Waals surface area contributed by atoms with Gasteiger partial charge in [0.1, 0.15) is 24.0 Å². The van der Waals surface area contributed by atoms with Crippen LogP contribution in [0.15, 0.2) is 24.3 Å². The summed E-state index contributed by atoms with van der Waals surface area (Å²) < 4.78 is 18.4. The van der Waals surface area contributed by atoms with Gasteiger partial charge in [0.2, 0.25) is 10.9 Å². The fourth-order valence-corrected chi connectivity index (χ4v) is 2.53. The number of carbonyl (C=O) groups excluding carboxylic acids is 2. The number of benzene rings is 1. The number of aromatic nitrogens is 2. The molecule has 0 bridgehead atoms. The van der Waals surface area contributed by atoms with Crippen molar-refractivity contribution in [3.63, 3.8) is 0 Å². The minimum absolute atomic E-state index is 0.0754. The van der Waals surface area contributed by atoms with Crippen molar-refractivity contribution in [3.8, 4) is 0 Å². The zero-order valence-electron chi connectivity index (χ0n) is 14.5. The Labute approximate surface area is 154 Å². The quantitative estimate of drug-likeness (QED) is 0.676. The third kappa shape index (κ3) is 6.82. The van der Waals surface area contributed by atoms with Crippen LogP contribution in [-0.2, 0) is 16.1 Å². The molecule has 1 aromatic heterocycles. The number of nitrogens with one attached hydrogen (secondary N) is 2. The number of anilines is 1. The van der Waals surface area contributed by atoms with E-state index in [1.807, 2.05) is 19.0 Å². The molecule has 0 spiro atoms. The van der Waals surface area contributed by atoms with Gasteiger partial charge in [0.25, 0.3) is 5.91 Å². The zero-order chi connectivity index (χ0) is 18.9. The molecule has 0 aliphatic heterocycles. The Morgan fingerprint density at radius 1 is 1.31 bits per heavy atom. The molecule has 0 atom stereocenters. The van der Waals surface area contributed by atoms with Crippen molar-refractivity contribution in [1.82, 2.24) is 20.4 Å². The van der Waals surface area contributed by atoms with E-state index in [9.17, 15) is 14.0 Å². The molecule has 0 radical (unpaired) electrons. The first-order valence-electron chi connectivity index (χ1n) is 7.82. The summed E-state index contributed by atoms with van der Waals surface area (Å²) in [6, 6.07) is 5.55. The van der Waals surface area contributed by atoms with Gasteiger partial charge in [-0.15, -0.1) is 10.2 Å². The van der Waals surface area contributed by atoms with Crippen LogP contribution in [0.4, 0.5) is 10.1 Å². The Morgan fingerprint density at radius 3 is 2.85 bits per heavy atom. The highest BCUT2D eigenvalue weighted by Gasteiger charge is 2.14. The Balaban J connectivity index is 1.75. The van der Waals surface area contributed by atoms with Gasteiger partial charge >= 0.3 is 0 Å². The zero-order valence-corrected chi connectivity index (χ0v) is 15.3. The maximum Gasteiger partial charge on any atom is 0.286 e. The number of hydrogen-bond donors (Lipinski definition) is 2. The van der Waals surface area contributed by atoms with E-state index in [0.717, 1.165) is 17.9 Å². The molecular weight excluding hydrogens is 361 g/mol. The van der Waals surface area contributed by atoms with Crippen LogP contribution < -0.4 is 10.6 Å². The number of likely N-dealkylation sites (N-methyl/N-ethyl adjacent to an activating group) is 1. The lowest BCUT2D eigenvalue weighted by atomic mass is 10.3. The van der Waals surface area contributed by atoms with Gasteiger partial charge < -0.3 is 20.3 Å². The molecule has 2 N–H and O–H groups in total. The monoisotopic (exact) mass is 381 g/mol. The van der Waals surface area contributed by atoms with Crippen LogP contribution in [0.1, 0.15) is 14.8 Å². The number of rotatable bonds is 9. The highest BCUT2D eigenvalue weighted by molar-refractivity contribution is 7.13. The number of amides is 2. The van der Waals surface area contributed by atoms with Crippen LogP contribution in [0, 0.1) is 5.82 Å². The van der Waals surface area contributed by atoms with E-state index >= 15 is 0 Å². The highest BCUT2D eigenvalue weighted by Crippen LogP contribution is 2.14. The third-order valence-electron chi connectivity index (χ3n) is 3.08. The normalized spacial score (nSPS) is 10.8. The minimum atomic E-state index is -0.485. The van der Waals surface area contributed by atoms with E-state index in [2.05, 4.69) is 20.8 Å². The molecular formula is C16H20FN5O3S. The largest absolute Gasteiger partial charge is 0.364 e. The van der Waals surface area contributed by atoms with E-state index in [4.69, 9.17) is 4.74 Å². The Morgan fingerprint density at radius 2 is 2.12 bits per heavy atom. The van der Waals surface area contributed by atoms with E-state index in [1.165, 1.54) is 18.2 Å². The predicted octanol–water partition coefficient (Wildman–Crippen LogP) is 1.12. The molecule has 1 aromatic carbocycles. The van der Waals surface area contributed by atoms with Gasteiger partial charge in [-0.2, -0.15) is 0 Å². The van der Waals surface area contributed by atoms with Gasteiger partial charge in [-0.1, -0.05) is 17.4 Å². The maximum atomic E-state index is 13.1. The second-order valence-corrected chi connectivity index (χ2v) is 6.67. The molecule has 10 heteroatoms. The average Bonchev–Trinajstić information content (AvgIpc) is 3.03. The minimum Gasteiger partial charge on any atom is -0.364 e. The second-order valence-electron chi connectivity index (χ2n) is 5.61. The summed E-state index contributed by atoms with van der Waals surface area (Å²) in [5.41, 5.74) is 0.331. The maximum absolute atomic E-state index is 13.1. The molecule has 0 aliphatic carbocycles. The third-order valence-corrected chi connectivity index (χ3v) is 3.98. The molecule has 0 fully saturated rings. The molecule has 0 saturated carbocycles. The first kappa shape index (κ1) is 19.9. The van der Waals surface area contributed by atoms with Crippen molar-refractivity contribution in [2.45, 2.75) is 6.61 Å².